The van der Waals surface area contributed by atoms with Crippen LogP contribution in [0.2, 0.25) is 0 Å². The third-order valence-corrected chi connectivity index (χ3v) is 9.31. The maximum atomic E-state index is 13.6. The summed E-state index contributed by atoms with van der Waals surface area (Å²) in [4.78, 5) is 28.0. The molecular formula is C26H33FN2O2. The molecule has 0 radical (unpaired) electrons. The second-order valence-corrected chi connectivity index (χ2v) is 10.9. The minimum absolute atomic E-state index is 0.137. The van der Waals surface area contributed by atoms with E-state index < -0.39 is 11.7 Å². The van der Waals surface area contributed by atoms with E-state index in [9.17, 15) is 14.0 Å². The fraction of sp³-hybridized carbons (Fsp3) is 0.615. The Kier molecular flexibility index (Phi) is 4.80. The van der Waals surface area contributed by atoms with Crippen LogP contribution in [0.15, 0.2) is 35.9 Å². The van der Waals surface area contributed by atoms with Gasteiger partial charge in [0.1, 0.15) is 11.4 Å². The summed E-state index contributed by atoms with van der Waals surface area (Å²) in [5.41, 5.74) is 0.840. The second kappa shape index (κ2) is 7.18. The first-order chi connectivity index (χ1) is 14.7. The van der Waals surface area contributed by atoms with Gasteiger partial charge in [-0.25, -0.2) is 4.39 Å². The number of hydrogen-bond donors (Lipinski definition) is 1. The van der Waals surface area contributed by atoms with Gasteiger partial charge in [-0.05, 0) is 79.9 Å². The smallest absolute Gasteiger partial charge is 0.260 e. The van der Waals surface area contributed by atoms with Crippen LogP contribution in [0, 0.1) is 34.4 Å². The Morgan fingerprint density at radius 2 is 1.94 bits per heavy atom. The van der Waals surface area contributed by atoms with Crippen molar-refractivity contribution in [2.24, 2.45) is 28.6 Å². The molecule has 3 saturated carbocycles. The molecule has 31 heavy (non-hydrogen) atoms. The normalized spacial score (nSPS) is 39.3. The van der Waals surface area contributed by atoms with Crippen molar-refractivity contribution in [1.29, 1.82) is 0 Å². The summed E-state index contributed by atoms with van der Waals surface area (Å²) < 4.78 is 13.6. The van der Waals surface area contributed by atoms with Crippen LogP contribution >= 0.6 is 0 Å². The van der Waals surface area contributed by atoms with E-state index in [4.69, 9.17) is 0 Å². The van der Waals surface area contributed by atoms with E-state index in [0.29, 0.717) is 22.9 Å². The topological polar surface area (TPSA) is 49.4 Å². The van der Waals surface area contributed by atoms with Crippen LogP contribution < -0.4 is 5.32 Å². The summed E-state index contributed by atoms with van der Waals surface area (Å²) in [7, 11) is 1.84. The third kappa shape index (κ3) is 3.15. The highest BCUT2D eigenvalue weighted by Gasteiger charge is 2.59. The van der Waals surface area contributed by atoms with E-state index in [2.05, 4.69) is 19.2 Å². The third-order valence-electron chi connectivity index (χ3n) is 9.31. The highest BCUT2D eigenvalue weighted by molar-refractivity contribution is 6.23. The molecule has 5 heteroatoms. The molecule has 1 aromatic rings. The molecule has 2 amide bonds. The molecule has 6 atom stereocenters. The molecule has 0 bridgehead atoms. The molecule has 0 spiro atoms. The fourth-order valence-corrected chi connectivity index (χ4v) is 7.81. The van der Waals surface area contributed by atoms with Crippen LogP contribution in [0.3, 0.4) is 0 Å². The average Bonchev–Trinajstić information content (AvgIpc) is 3.12. The molecule has 0 saturated heterocycles. The number of amides is 2. The van der Waals surface area contributed by atoms with E-state index in [1.165, 1.54) is 50.7 Å². The van der Waals surface area contributed by atoms with Crippen molar-refractivity contribution in [3.63, 3.8) is 0 Å². The van der Waals surface area contributed by atoms with Gasteiger partial charge in [0.15, 0.2) is 0 Å². The Hall–Kier alpha value is -2.17. The Labute approximate surface area is 184 Å². The lowest BCUT2D eigenvalue weighted by atomic mass is 9.48. The van der Waals surface area contributed by atoms with Crippen molar-refractivity contribution in [1.82, 2.24) is 4.90 Å². The van der Waals surface area contributed by atoms with E-state index >= 15 is 0 Å². The zero-order chi connectivity index (χ0) is 22.0. The molecule has 1 heterocycles. The Morgan fingerprint density at radius 3 is 2.71 bits per heavy atom. The average molecular weight is 425 g/mol. The van der Waals surface area contributed by atoms with Gasteiger partial charge in [-0.2, -0.15) is 0 Å². The summed E-state index contributed by atoms with van der Waals surface area (Å²) in [6.45, 7) is 4.75. The zero-order valence-corrected chi connectivity index (χ0v) is 18.8. The molecule has 4 nitrogen and oxygen atoms in total. The lowest BCUT2D eigenvalue weighted by molar-refractivity contribution is -0.141. The van der Waals surface area contributed by atoms with Crippen molar-refractivity contribution in [3.8, 4) is 0 Å². The van der Waals surface area contributed by atoms with Crippen molar-refractivity contribution in [2.75, 3.05) is 12.4 Å². The summed E-state index contributed by atoms with van der Waals surface area (Å²) >= 11 is 0. The molecule has 1 unspecified atom stereocenters. The van der Waals surface area contributed by atoms with E-state index in [1.807, 2.05) is 13.1 Å². The van der Waals surface area contributed by atoms with Gasteiger partial charge in [-0.15, -0.1) is 0 Å². The first-order valence-corrected chi connectivity index (χ1v) is 11.8. The van der Waals surface area contributed by atoms with Crippen LogP contribution in [-0.4, -0.2) is 29.8 Å². The van der Waals surface area contributed by atoms with Gasteiger partial charge in [0.25, 0.3) is 11.8 Å². The number of hydrogen-bond acceptors (Lipinski definition) is 2. The monoisotopic (exact) mass is 424 g/mol. The number of fused-ring (bicyclic) bond motifs is 5. The molecule has 3 aliphatic carbocycles. The van der Waals surface area contributed by atoms with Gasteiger partial charge in [0.2, 0.25) is 0 Å². The molecule has 4 aliphatic rings. The van der Waals surface area contributed by atoms with Crippen molar-refractivity contribution in [2.45, 2.75) is 64.8 Å². The largest absolute Gasteiger partial charge is 0.338 e. The van der Waals surface area contributed by atoms with Crippen LogP contribution in [0.4, 0.5) is 10.1 Å². The van der Waals surface area contributed by atoms with Gasteiger partial charge in [0, 0.05) is 24.2 Å². The maximum absolute atomic E-state index is 13.6. The van der Waals surface area contributed by atoms with Gasteiger partial charge < -0.3 is 10.2 Å². The fourth-order valence-electron chi connectivity index (χ4n) is 7.81. The second-order valence-electron chi connectivity index (χ2n) is 10.9. The Morgan fingerprint density at radius 1 is 1.13 bits per heavy atom. The van der Waals surface area contributed by atoms with E-state index in [1.54, 1.807) is 17.0 Å². The van der Waals surface area contributed by atoms with E-state index in [-0.39, 0.29) is 22.9 Å². The van der Waals surface area contributed by atoms with Crippen LogP contribution in [0.5, 0.6) is 0 Å². The molecule has 166 valence electrons. The number of rotatable bonds is 2. The lowest BCUT2D eigenvalue weighted by Gasteiger charge is -2.60. The van der Waals surface area contributed by atoms with Gasteiger partial charge in [-0.3, -0.25) is 9.59 Å². The number of benzene rings is 1. The molecular weight excluding hydrogens is 391 g/mol. The predicted molar refractivity (Wildman–Crippen MR) is 119 cm³/mol. The van der Waals surface area contributed by atoms with Gasteiger partial charge in [-0.1, -0.05) is 32.4 Å². The molecule has 5 rings (SSSR count). The van der Waals surface area contributed by atoms with Crippen LogP contribution in [0.25, 0.3) is 0 Å². The summed E-state index contributed by atoms with van der Waals surface area (Å²) in [6.07, 6.45) is 10.6. The number of carbonyl (C=O) groups excluding carboxylic acids is 2. The highest BCUT2D eigenvalue weighted by atomic mass is 19.1. The summed E-state index contributed by atoms with van der Waals surface area (Å²) in [5.74, 6) is 0.859. The molecule has 1 aliphatic heterocycles. The first kappa shape index (κ1) is 20.7. The van der Waals surface area contributed by atoms with E-state index in [0.717, 1.165) is 12.3 Å². The maximum Gasteiger partial charge on any atom is 0.260 e. The molecule has 0 aromatic heterocycles. The number of carbonyl (C=O) groups is 2. The standard InChI is InChI=1S/C26H33FN2O2/c1-25-12-5-8-20(25)18-9-10-22-26(2,21(18)11-13-25)15-19(24(31)29(22)3)23(30)28-17-7-4-6-16(27)14-17/h4,6-7,14-15,18,20-22H,5,8-13H2,1-3H3,(H,28,30)/t18-,20-,21+,22?,25-,26+/m0/s1. The minimum atomic E-state index is -0.439. The number of likely N-dealkylation sites (N-methyl/N-ethyl adjacent to an activating group) is 1. The van der Waals surface area contributed by atoms with Gasteiger partial charge in [0.05, 0.1) is 0 Å². The number of nitrogens with one attached hydrogen (secondary N) is 1. The SMILES string of the molecule is CN1C(=O)C(C(=O)Nc2cccc(F)c2)=C[C@@]2(C)C1CC[C@@H]1[C@H]2CC[C@]2(C)CCC[C@@H]12. The van der Waals surface area contributed by atoms with Crippen molar-refractivity contribution < 1.29 is 14.0 Å². The molecule has 1 N–H and O–H groups in total. The Balaban J connectivity index is 1.48. The predicted octanol–water partition coefficient (Wildman–Crippen LogP) is 5.16. The van der Waals surface area contributed by atoms with Crippen LogP contribution in [0.1, 0.15) is 58.8 Å². The number of anilines is 1. The summed E-state index contributed by atoms with van der Waals surface area (Å²) in [6, 6.07) is 5.94. The van der Waals surface area contributed by atoms with Crippen LogP contribution in [-0.2, 0) is 9.59 Å². The van der Waals surface area contributed by atoms with Crippen molar-refractivity contribution >= 4 is 17.5 Å². The molecule has 1 aromatic carbocycles. The molecule has 3 fully saturated rings. The van der Waals surface area contributed by atoms with Gasteiger partial charge >= 0.3 is 0 Å². The minimum Gasteiger partial charge on any atom is -0.338 e. The lowest BCUT2D eigenvalue weighted by Crippen LogP contribution is -2.60. The Bertz CT molecular complexity index is 958. The highest BCUT2D eigenvalue weighted by Crippen LogP contribution is 2.64. The number of nitrogens with zero attached hydrogens (tertiary/aromatic N) is 1. The number of halogens is 1. The quantitative estimate of drug-likeness (QED) is 0.667. The first-order valence-electron chi connectivity index (χ1n) is 11.8. The zero-order valence-electron chi connectivity index (χ0n) is 18.8. The van der Waals surface area contributed by atoms with Crippen molar-refractivity contribution in [3.05, 3.63) is 41.7 Å². The summed E-state index contributed by atoms with van der Waals surface area (Å²) in [5, 5.41) is 2.74.